The predicted molar refractivity (Wildman–Crippen MR) is 142 cm³/mol. The summed E-state index contributed by atoms with van der Waals surface area (Å²) in [5.41, 5.74) is 6.57. The Morgan fingerprint density at radius 3 is 2.59 bits per heavy atom. The van der Waals surface area contributed by atoms with Crippen LogP contribution in [-0.2, 0) is 9.59 Å². The van der Waals surface area contributed by atoms with Crippen LogP contribution in [0, 0.1) is 11.3 Å². The Bertz CT molecular complexity index is 937. The average Bonchev–Trinajstić information content (AvgIpc) is 3.45. The summed E-state index contributed by atoms with van der Waals surface area (Å²) in [5.74, 6) is -0.215. The van der Waals surface area contributed by atoms with Crippen LogP contribution in [0.25, 0.3) is 0 Å². The van der Waals surface area contributed by atoms with Crippen molar-refractivity contribution in [3.05, 3.63) is 17.7 Å². The smallest absolute Gasteiger partial charge is 0.308 e. The lowest BCUT2D eigenvalue weighted by atomic mass is 9.76. The third-order valence-electron chi connectivity index (χ3n) is 7.70. The molecule has 3 atom stereocenters. The van der Waals surface area contributed by atoms with E-state index in [-0.39, 0.29) is 36.6 Å². The maximum absolute atomic E-state index is 13.4. The second-order valence-electron chi connectivity index (χ2n) is 11.1. The highest BCUT2D eigenvalue weighted by atomic mass is 16.7. The number of benzene rings is 1. The van der Waals surface area contributed by atoms with Gasteiger partial charge in [-0.2, -0.15) is 0 Å². The standard InChI is InChI=1S/C28H45N3O6/c1-6-8-11-30(12-10-29)24(32)17-31-16-20(19-13-22(35-5)26-23(14-19)36-18-37-26)25(27(33)34)21(31)15-28(3,4)9-7-2/h13-14,20-21,25H,6-12,15-18,29H2,1-5H3,(H,33,34)/t20-,21+,25-/m1/s1. The maximum Gasteiger partial charge on any atom is 0.308 e. The largest absolute Gasteiger partial charge is 0.493 e. The molecule has 1 saturated heterocycles. The fraction of sp³-hybridized carbons (Fsp3) is 0.714. The van der Waals surface area contributed by atoms with Crippen LogP contribution in [-0.4, -0.2) is 79.5 Å². The SMILES string of the molecule is CCCCN(CCN)C(=O)CN1C[C@H](c2cc(OC)c3c(c2)OCO3)[C@@H](C(=O)O)[C@@H]1CC(C)(C)CCC. The quantitative estimate of drug-likeness (QED) is 0.382. The van der Waals surface area contributed by atoms with E-state index in [1.54, 1.807) is 7.11 Å². The van der Waals surface area contributed by atoms with Crippen molar-refractivity contribution in [3.63, 3.8) is 0 Å². The molecule has 9 heteroatoms. The van der Waals surface area contributed by atoms with Crippen molar-refractivity contribution in [1.82, 2.24) is 9.80 Å². The fourth-order valence-corrected chi connectivity index (χ4v) is 5.93. The van der Waals surface area contributed by atoms with Gasteiger partial charge in [0.1, 0.15) is 0 Å². The molecule has 0 spiro atoms. The van der Waals surface area contributed by atoms with Crippen LogP contribution >= 0.6 is 0 Å². The zero-order valence-electron chi connectivity index (χ0n) is 23.1. The van der Waals surface area contributed by atoms with E-state index >= 15 is 0 Å². The van der Waals surface area contributed by atoms with Crippen molar-refractivity contribution in [3.8, 4) is 17.2 Å². The molecule has 2 heterocycles. The molecule has 1 aromatic carbocycles. The molecule has 37 heavy (non-hydrogen) atoms. The maximum atomic E-state index is 13.4. The summed E-state index contributed by atoms with van der Waals surface area (Å²) in [6, 6.07) is 3.44. The minimum absolute atomic E-state index is 0.00486. The molecular weight excluding hydrogens is 474 g/mol. The second kappa shape index (κ2) is 12.8. The van der Waals surface area contributed by atoms with E-state index in [2.05, 4.69) is 32.6 Å². The number of likely N-dealkylation sites (tertiary alicyclic amines) is 1. The van der Waals surface area contributed by atoms with E-state index in [0.717, 1.165) is 31.2 Å². The highest BCUT2D eigenvalue weighted by Crippen LogP contribution is 2.48. The highest BCUT2D eigenvalue weighted by Gasteiger charge is 2.49. The van der Waals surface area contributed by atoms with Crippen LogP contribution in [0.15, 0.2) is 12.1 Å². The van der Waals surface area contributed by atoms with Gasteiger partial charge in [0.05, 0.1) is 19.6 Å². The number of amides is 1. The van der Waals surface area contributed by atoms with Crippen LogP contribution < -0.4 is 19.9 Å². The van der Waals surface area contributed by atoms with Crippen LogP contribution in [0.2, 0.25) is 0 Å². The first-order chi connectivity index (χ1) is 17.6. The predicted octanol–water partition coefficient (Wildman–Crippen LogP) is 3.70. The van der Waals surface area contributed by atoms with Gasteiger partial charge in [-0.3, -0.25) is 14.5 Å². The van der Waals surface area contributed by atoms with E-state index in [1.165, 1.54) is 0 Å². The highest BCUT2D eigenvalue weighted by molar-refractivity contribution is 5.79. The van der Waals surface area contributed by atoms with Gasteiger partial charge >= 0.3 is 5.97 Å². The third-order valence-corrected chi connectivity index (χ3v) is 7.70. The van der Waals surface area contributed by atoms with E-state index in [9.17, 15) is 14.7 Å². The topological polar surface area (TPSA) is 115 Å². The van der Waals surface area contributed by atoms with Crippen molar-refractivity contribution in [2.24, 2.45) is 17.1 Å². The minimum Gasteiger partial charge on any atom is -0.493 e. The molecule has 0 unspecified atom stereocenters. The van der Waals surface area contributed by atoms with E-state index in [1.807, 2.05) is 17.0 Å². The molecule has 1 aromatic rings. The lowest BCUT2D eigenvalue weighted by Crippen LogP contribution is -2.46. The number of carbonyl (C=O) groups excluding carboxylic acids is 1. The summed E-state index contributed by atoms with van der Waals surface area (Å²) >= 11 is 0. The van der Waals surface area contributed by atoms with Gasteiger partial charge in [0.15, 0.2) is 11.5 Å². The van der Waals surface area contributed by atoms with Gasteiger partial charge in [0.25, 0.3) is 0 Å². The normalized spacial score (nSPS) is 21.3. The number of hydrogen-bond donors (Lipinski definition) is 2. The number of carboxylic acids is 1. The molecule has 208 valence electrons. The Balaban J connectivity index is 1.97. The first-order valence-corrected chi connectivity index (χ1v) is 13.6. The first-order valence-electron chi connectivity index (χ1n) is 13.6. The Labute approximate surface area is 221 Å². The van der Waals surface area contributed by atoms with Crippen molar-refractivity contribution in [2.75, 3.05) is 46.6 Å². The fourth-order valence-electron chi connectivity index (χ4n) is 5.93. The van der Waals surface area contributed by atoms with Gasteiger partial charge in [0.2, 0.25) is 18.4 Å². The Morgan fingerprint density at radius 1 is 1.22 bits per heavy atom. The molecule has 2 aliphatic heterocycles. The molecule has 2 aliphatic rings. The van der Waals surface area contributed by atoms with Crippen LogP contribution in [0.3, 0.4) is 0 Å². The Morgan fingerprint density at radius 2 is 1.97 bits per heavy atom. The number of fused-ring (bicyclic) bond motifs is 1. The van der Waals surface area contributed by atoms with Gasteiger partial charge < -0.3 is 30.0 Å². The number of ether oxygens (including phenoxy) is 3. The number of rotatable bonds is 14. The van der Waals surface area contributed by atoms with Gasteiger partial charge in [-0.1, -0.05) is 40.5 Å². The summed E-state index contributed by atoms with van der Waals surface area (Å²) in [4.78, 5) is 30.2. The molecule has 3 rings (SSSR count). The summed E-state index contributed by atoms with van der Waals surface area (Å²) in [6.45, 7) is 10.9. The van der Waals surface area contributed by atoms with Gasteiger partial charge in [-0.25, -0.2) is 0 Å². The summed E-state index contributed by atoms with van der Waals surface area (Å²) in [5, 5.41) is 10.5. The van der Waals surface area contributed by atoms with Crippen molar-refractivity contribution < 1.29 is 28.9 Å². The second-order valence-corrected chi connectivity index (χ2v) is 11.1. The molecule has 0 aromatic heterocycles. The molecule has 9 nitrogen and oxygen atoms in total. The van der Waals surface area contributed by atoms with Crippen LogP contribution in [0.1, 0.15) is 71.3 Å². The van der Waals surface area contributed by atoms with Crippen molar-refractivity contribution in [2.45, 2.75) is 71.8 Å². The number of carbonyl (C=O) groups is 2. The zero-order valence-corrected chi connectivity index (χ0v) is 23.1. The monoisotopic (exact) mass is 519 g/mol. The van der Waals surface area contributed by atoms with Gasteiger partial charge in [-0.15, -0.1) is 0 Å². The first kappa shape index (κ1) is 29.0. The molecule has 0 bridgehead atoms. The number of methoxy groups -OCH3 is 1. The molecular formula is C28H45N3O6. The molecule has 1 amide bonds. The van der Waals surface area contributed by atoms with Crippen molar-refractivity contribution >= 4 is 11.9 Å². The number of carboxylic acid groups (broad SMARTS) is 1. The number of nitrogens with two attached hydrogens (primary N) is 1. The van der Waals surface area contributed by atoms with Crippen LogP contribution in [0.5, 0.6) is 17.2 Å². The zero-order chi connectivity index (χ0) is 27.2. The summed E-state index contributed by atoms with van der Waals surface area (Å²) in [6.07, 6.45) is 4.59. The molecule has 1 fully saturated rings. The lowest BCUT2D eigenvalue weighted by Gasteiger charge is -2.35. The molecule has 3 N–H and O–H groups in total. The lowest BCUT2D eigenvalue weighted by molar-refractivity contribution is -0.144. The van der Waals surface area contributed by atoms with E-state index in [0.29, 0.717) is 49.8 Å². The number of hydrogen-bond acceptors (Lipinski definition) is 7. The van der Waals surface area contributed by atoms with E-state index in [4.69, 9.17) is 19.9 Å². The van der Waals surface area contributed by atoms with Gasteiger partial charge in [0, 0.05) is 38.1 Å². The number of nitrogens with zero attached hydrogens (tertiary/aromatic N) is 2. The molecule has 0 radical (unpaired) electrons. The minimum atomic E-state index is -0.848. The molecule has 0 aliphatic carbocycles. The van der Waals surface area contributed by atoms with Gasteiger partial charge in [-0.05, 0) is 42.4 Å². The van der Waals surface area contributed by atoms with E-state index < -0.39 is 11.9 Å². The third kappa shape index (κ3) is 6.87. The molecule has 0 saturated carbocycles. The Hall–Kier alpha value is -2.52. The number of unbranched alkanes of at least 4 members (excludes halogenated alkanes) is 1. The summed E-state index contributed by atoms with van der Waals surface area (Å²) in [7, 11) is 1.56. The average molecular weight is 520 g/mol. The Kier molecular flexibility index (Phi) is 10.1. The summed E-state index contributed by atoms with van der Waals surface area (Å²) < 4.78 is 16.7. The van der Waals surface area contributed by atoms with Crippen LogP contribution in [0.4, 0.5) is 0 Å². The number of aliphatic carboxylic acids is 1. The van der Waals surface area contributed by atoms with Crippen molar-refractivity contribution in [1.29, 1.82) is 0 Å².